The van der Waals surface area contributed by atoms with E-state index in [1.807, 2.05) is 13.8 Å². The van der Waals surface area contributed by atoms with E-state index in [2.05, 4.69) is 15.0 Å². The average molecular weight is 555 g/mol. The lowest BCUT2D eigenvalue weighted by atomic mass is 9.90. The van der Waals surface area contributed by atoms with Gasteiger partial charge in [-0.3, -0.25) is 4.79 Å². The lowest BCUT2D eigenvalue weighted by Crippen LogP contribution is -2.70. The number of piperidine rings is 1. The molecular weight excluding hydrogens is 520 g/mol. The molecule has 1 N–H and O–H groups in total. The van der Waals surface area contributed by atoms with Crippen LogP contribution >= 0.6 is 0 Å². The molecule has 2 atom stereocenters. The van der Waals surface area contributed by atoms with E-state index in [1.54, 1.807) is 6.07 Å². The summed E-state index contributed by atoms with van der Waals surface area (Å²) < 4.78 is 64.0. The minimum Gasteiger partial charge on any atom is -0.493 e. The van der Waals surface area contributed by atoms with Crippen LogP contribution in [-0.2, 0) is 11.2 Å². The van der Waals surface area contributed by atoms with Gasteiger partial charge >= 0.3 is 12.2 Å². The number of carbonyl (C=O) groups excluding carboxylic acids is 1. The summed E-state index contributed by atoms with van der Waals surface area (Å²) in [7, 11) is 0. The molecule has 1 aromatic carbocycles. The third-order valence-corrected chi connectivity index (χ3v) is 8.25. The van der Waals surface area contributed by atoms with E-state index in [-0.39, 0.29) is 17.9 Å². The summed E-state index contributed by atoms with van der Waals surface area (Å²) in [6.07, 6.45) is -0.972. The number of benzene rings is 1. The zero-order chi connectivity index (χ0) is 27.9. The van der Waals surface area contributed by atoms with Crippen LogP contribution in [-0.4, -0.2) is 70.6 Å². The number of β-amino-alcohol motifs (C(OH)–C–C–N with tert-alkyl or cyclic N) is 1. The fourth-order valence-corrected chi connectivity index (χ4v) is 5.59. The fraction of sp³-hybridized carbons (Fsp3) is 0.667. The molecule has 8 nitrogen and oxygen atoms in total. The van der Waals surface area contributed by atoms with E-state index in [1.165, 1.54) is 18.6 Å². The number of alkyl halides is 3. The molecule has 1 amide bonds. The first-order chi connectivity index (χ1) is 18.4. The molecule has 0 radical (unpaired) electrons. The minimum atomic E-state index is -4.81. The van der Waals surface area contributed by atoms with Gasteiger partial charge in [-0.25, -0.2) is 4.39 Å². The van der Waals surface area contributed by atoms with Crippen molar-refractivity contribution in [3.63, 3.8) is 0 Å². The Morgan fingerprint density at radius 2 is 1.97 bits per heavy atom. The zero-order valence-electron chi connectivity index (χ0n) is 22.1. The summed E-state index contributed by atoms with van der Waals surface area (Å²) in [5.74, 6) is 1.92. The number of amides is 1. The van der Waals surface area contributed by atoms with Gasteiger partial charge in [0.2, 0.25) is 5.91 Å². The van der Waals surface area contributed by atoms with Gasteiger partial charge in [0.1, 0.15) is 11.6 Å². The van der Waals surface area contributed by atoms with Gasteiger partial charge in [0.25, 0.3) is 0 Å². The highest BCUT2D eigenvalue weighted by atomic mass is 19.4. The average Bonchev–Trinajstić information content (AvgIpc) is 3.45. The Kier molecular flexibility index (Phi) is 7.51. The Morgan fingerprint density at radius 3 is 2.59 bits per heavy atom. The molecule has 3 heterocycles. The molecule has 12 heteroatoms. The van der Waals surface area contributed by atoms with Crippen LogP contribution in [0.25, 0.3) is 0 Å². The molecular formula is C27H34F4N4O4. The number of hydrogen-bond donors (Lipinski definition) is 1. The summed E-state index contributed by atoms with van der Waals surface area (Å²) in [4.78, 5) is 19.7. The van der Waals surface area contributed by atoms with Crippen LogP contribution in [0.2, 0.25) is 0 Å². The maximum absolute atomic E-state index is 14.5. The molecule has 1 aromatic heterocycles. The maximum atomic E-state index is 14.5. The van der Waals surface area contributed by atoms with Crippen LogP contribution in [0.4, 0.5) is 23.6 Å². The van der Waals surface area contributed by atoms with Gasteiger partial charge in [-0.1, -0.05) is 25.1 Å². The highest BCUT2D eigenvalue weighted by molar-refractivity contribution is 5.80. The molecule has 5 rings (SSSR count). The van der Waals surface area contributed by atoms with Gasteiger partial charge < -0.3 is 24.2 Å². The van der Waals surface area contributed by atoms with Crippen LogP contribution in [0.1, 0.15) is 56.8 Å². The maximum Gasteiger partial charge on any atom is 0.420 e. The van der Waals surface area contributed by atoms with Gasteiger partial charge in [0.05, 0.1) is 26.1 Å². The van der Waals surface area contributed by atoms with E-state index < -0.39 is 36.6 Å². The predicted octanol–water partition coefficient (Wildman–Crippen LogP) is 4.33. The number of nitrogens with zero attached hydrogens (tertiary/aromatic N) is 4. The molecule has 2 saturated heterocycles. The summed E-state index contributed by atoms with van der Waals surface area (Å²) in [6, 6.07) is 4.79. The summed E-state index contributed by atoms with van der Waals surface area (Å²) in [5.41, 5.74) is -2.81. The fourth-order valence-electron chi connectivity index (χ4n) is 5.59. The number of aliphatic hydroxyl groups is 1. The van der Waals surface area contributed by atoms with Crippen molar-refractivity contribution in [2.75, 3.05) is 37.7 Å². The van der Waals surface area contributed by atoms with Crippen molar-refractivity contribution in [2.45, 2.75) is 63.6 Å². The monoisotopic (exact) mass is 554 g/mol. The minimum absolute atomic E-state index is 0.0735. The number of aromatic nitrogens is 2. The Hall–Kier alpha value is -2.89. The SMILES string of the molecule is CC(C)c1noc(N2CCC([C@H]3C[C@H]3CCOc3ccc(CC(=O)N4CC(O)(C(F)(F)F)C4)c(F)c3)CC2)n1. The lowest BCUT2D eigenvalue weighted by molar-refractivity contribution is -0.297. The Bertz CT molecular complexity index is 1170. The van der Waals surface area contributed by atoms with Gasteiger partial charge in [0, 0.05) is 25.1 Å². The van der Waals surface area contributed by atoms with E-state index >= 15 is 0 Å². The van der Waals surface area contributed by atoms with Crippen molar-refractivity contribution in [2.24, 2.45) is 17.8 Å². The molecule has 2 aromatic rings. The van der Waals surface area contributed by atoms with Crippen molar-refractivity contribution < 1.29 is 36.7 Å². The van der Waals surface area contributed by atoms with Crippen molar-refractivity contribution in [3.05, 3.63) is 35.4 Å². The van der Waals surface area contributed by atoms with Crippen LogP contribution in [0.5, 0.6) is 5.75 Å². The molecule has 0 bridgehead atoms. The number of halogens is 4. The highest BCUT2D eigenvalue weighted by Gasteiger charge is 2.62. The highest BCUT2D eigenvalue weighted by Crippen LogP contribution is 2.50. The molecule has 0 spiro atoms. The molecule has 3 fully saturated rings. The third kappa shape index (κ3) is 6.00. The molecule has 3 aliphatic rings. The molecule has 1 saturated carbocycles. The second-order valence-electron chi connectivity index (χ2n) is 11.4. The summed E-state index contributed by atoms with van der Waals surface area (Å²) >= 11 is 0. The first-order valence-electron chi connectivity index (χ1n) is 13.5. The second kappa shape index (κ2) is 10.6. The van der Waals surface area contributed by atoms with E-state index in [4.69, 9.17) is 9.26 Å². The Balaban J connectivity index is 1.01. The molecule has 0 unspecified atom stereocenters. The summed E-state index contributed by atoms with van der Waals surface area (Å²) in [5, 5.41) is 13.5. The molecule has 1 aliphatic carbocycles. The first-order valence-corrected chi connectivity index (χ1v) is 13.5. The van der Waals surface area contributed by atoms with Crippen LogP contribution in [0.15, 0.2) is 22.7 Å². The van der Waals surface area contributed by atoms with Crippen molar-refractivity contribution in [1.29, 1.82) is 0 Å². The zero-order valence-corrected chi connectivity index (χ0v) is 22.1. The third-order valence-electron chi connectivity index (χ3n) is 8.25. The van der Waals surface area contributed by atoms with Crippen molar-refractivity contribution in [1.82, 2.24) is 15.0 Å². The molecule has 39 heavy (non-hydrogen) atoms. The molecule has 214 valence electrons. The standard InChI is InChI=1S/C27H34F4N4O4/c1-16(2)24-32-25(39-33-24)34-8-5-17(6-9-34)21-11-18(21)7-10-38-20-4-3-19(22(28)13-20)12-23(36)35-14-26(37,15-35)27(29,30)31/h3-4,13,16-18,21,37H,5-12,14-15H2,1-2H3/t18-,21-/m1/s1. The Labute approximate surface area is 224 Å². The smallest absolute Gasteiger partial charge is 0.420 e. The van der Waals surface area contributed by atoms with Gasteiger partial charge in [-0.05, 0) is 55.1 Å². The number of rotatable bonds is 9. The van der Waals surface area contributed by atoms with Gasteiger partial charge in [0.15, 0.2) is 11.4 Å². The van der Waals surface area contributed by atoms with E-state index in [0.29, 0.717) is 36.1 Å². The predicted molar refractivity (Wildman–Crippen MR) is 133 cm³/mol. The largest absolute Gasteiger partial charge is 0.493 e. The Morgan fingerprint density at radius 1 is 1.26 bits per heavy atom. The normalized spacial score (nSPS) is 23.2. The van der Waals surface area contributed by atoms with Gasteiger partial charge in [-0.15, -0.1) is 0 Å². The quantitative estimate of drug-likeness (QED) is 0.462. The summed E-state index contributed by atoms with van der Waals surface area (Å²) in [6.45, 7) is 4.66. The second-order valence-corrected chi connectivity index (χ2v) is 11.4. The first kappa shape index (κ1) is 27.7. The lowest BCUT2D eigenvalue weighted by Gasteiger charge is -2.46. The topological polar surface area (TPSA) is 91.9 Å². The number of anilines is 1. The molecule has 2 aliphatic heterocycles. The van der Waals surface area contributed by atoms with E-state index in [9.17, 15) is 27.5 Å². The number of ether oxygens (including phenoxy) is 1. The van der Waals surface area contributed by atoms with Crippen molar-refractivity contribution >= 4 is 11.9 Å². The van der Waals surface area contributed by atoms with Gasteiger partial charge in [-0.2, -0.15) is 18.2 Å². The van der Waals surface area contributed by atoms with Crippen LogP contribution in [0.3, 0.4) is 0 Å². The number of likely N-dealkylation sites (tertiary alicyclic amines) is 1. The van der Waals surface area contributed by atoms with Crippen LogP contribution in [0, 0.1) is 23.6 Å². The van der Waals surface area contributed by atoms with Crippen LogP contribution < -0.4 is 9.64 Å². The van der Waals surface area contributed by atoms with Crippen molar-refractivity contribution in [3.8, 4) is 5.75 Å². The number of carbonyl (C=O) groups is 1. The van der Waals surface area contributed by atoms with E-state index in [0.717, 1.165) is 43.1 Å². The number of hydrogen-bond acceptors (Lipinski definition) is 7.